The quantitative estimate of drug-likeness (QED) is 0.661. The van der Waals surface area contributed by atoms with Gasteiger partial charge in [-0.2, -0.15) is 0 Å². The van der Waals surface area contributed by atoms with Crippen molar-refractivity contribution in [3.63, 3.8) is 0 Å². The van der Waals surface area contributed by atoms with Gasteiger partial charge in [-0.1, -0.05) is 6.92 Å². The Morgan fingerprint density at radius 1 is 1.08 bits per heavy atom. The van der Waals surface area contributed by atoms with E-state index in [1.807, 2.05) is 27.7 Å². The van der Waals surface area contributed by atoms with Gasteiger partial charge in [-0.25, -0.2) is 0 Å². The number of ether oxygens (including phenoxy) is 2. The first-order valence-corrected chi connectivity index (χ1v) is 8.25. The Balaban J connectivity index is 2.35. The smallest absolute Gasteiger partial charge is 0.325 e. The zero-order valence-corrected chi connectivity index (χ0v) is 15.2. The average molecular weight is 350 g/mol. The molecule has 0 saturated carbocycles. The van der Waals surface area contributed by atoms with Crippen molar-refractivity contribution in [3.8, 4) is 5.75 Å². The molecule has 25 heavy (non-hydrogen) atoms. The predicted molar refractivity (Wildman–Crippen MR) is 93.4 cm³/mol. The maximum atomic E-state index is 11.9. The van der Waals surface area contributed by atoms with E-state index >= 15 is 0 Å². The predicted octanol–water partition coefficient (Wildman–Crippen LogP) is 1.66. The Hall–Kier alpha value is -2.57. The zero-order chi connectivity index (χ0) is 18.9. The molecule has 1 aromatic carbocycles. The van der Waals surface area contributed by atoms with Crippen LogP contribution < -0.4 is 15.4 Å². The van der Waals surface area contributed by atoms with Gasteiger partial charge in [0.2, 0.25) is 0 Å². The lowest BCUT2D eigenvalue weighted by Crippen LogP contribution is -2.45. The molecule has 0 heterocycles. The molecule has 0 radical (unpaired) electrons. The maximum absolute atomic E-state index is 11.9. The van der Waals surface area contributed by atoms with Gasteiger partial charge < -0.3 is 20.1 Å². The van der Waals surface area contributed by atoms with E-state index in [9.17, 15) is 14.4 Å². The Labute approximate surface area is 148 Å². The Kier molecular flexibility index (Phi) is 7.91. The van der Waals surface area contributed by atoms with Gasteiger partial charge in [0.15, 0.2) is 6.61 Å². The fraction of sp³-hybridized carbons (Fsp3) is 0.500. The van der Waals surface area contributed by atoms with Crippen molar-refractivity contribution in [1.29, 1.82) is 0 Å². The normalized spacial score (nSPS) is 10.7. The number of nitrogens with one attached hydrogen (secondary N) is 2. The lowest BCUT2D eigenvalue weighted by atomic mass is 10.0. The maximum Gasteiger partial charge on any atom is 0.325 e. The van der Waals surface area contributed by atoms with Gasteiger partial charge in [0.1, 0.15) is 12.3 Å². The SMILES string of the molecule is CCOc1ccc(C(=O)NCC(=O)OCC(=O)NC(C)(C)CC)cc1. The second-order valence-electron chi connectivity index (χ2n) is 6.09. The number of amides is 2. The van der Waals surface area contributed by atoms with Crippen LogP contribution in [0.3, 0.4) is 0 Å². The van der Waals surface area contributed by atoms with E-state index in [0.717, 1.165) is 6.42 Å². The van der Waals surface area contributed by atoms with Crippen molar-refractivity contribution in [2.75, 3.05) is 19.8 Å². The molecule has 0 spiro atoms. The van der Waals surface area contributed by atoms with Gasteiger partial charge in [-0.05, 0) is 51.5 Å². The second-order valence-corrected chi connectivity index (χ2v) is 6.09. The Morgan fingerprint density at radius 3 is 2.28 bits per heavy atom. The van der Waals surface area contributed by atoms with Gasteiger partial charge in [0.25, 0.3) is 11.8 Å². The van der Waals surface area contributed by atoms with Gasteiger partial charge in [0.05, 0.1) is 6.61 Å². The summed E-state index contributed by atoms with van der Waals surface area (Å²) in [5.74, 6) is -0.794. The molecule has 0 aliphatic carbocycles. The molecule has 0 saturated heterocycles. The summed E-state index contributed by atoms with van der Waals surface area (Å²) in [6.45, 7) is 7.43. The van der Waals surface area contributed by atoms with Gasteiger partial charge in [0, 0.05) is 11.1 Å². The number of hydrogen-bond donors (Lipinski definition) is 2. The van der Waals surface area contributed by atoms with Crippen LogP contribution in [0.15, 0.2) is 24.3 Å². The van der Waals surface area contributed by atoms with E-state index in [0.29, 0.717) is 17.9 Å². The van der Waals surface area contributed by atoms with Crippen molar-refractivity contribution in [3.05, 3.63) is 29.8 Å². The Bertz CT molecular complexity index is 596. The molecule has 138 valence electrons. The summed E-state index contributed by atoms with van der Waals surface area (Å²) in [6.07, 6.45) is 0.755. The van der Waals surface area contributed by atoms with E-state index in [1.54, 1.807) is 24.3 Å². The van der Waals surface area contributed by atoms with E-state index in [1.165, 1.54) is 0 Å². The topological polar surface area (TPSA) is 93.7 Å². The molecule has 2 amide bonds. The highest BCUT2D eigenvalue weighted by atomic mass is 16.5. The molecule has 0 aliphatic heterocycles. The summed E-state index contributed by atoms with van der Waals surface area (Å²) >= 11 is 0. The Morgan fingerprint density at radius 2 is 1.72 bits per heavy atom. The van der Waals surface area contributed by atoms with Crippen LogP contribution in [-0.4, -0.2) is 43.1 Å². The monoisotopic (exact) mass is 350 g/mol. The van der Waals surface area contributed by atoms with Crippen molar-refractivity contribution < 1.29 is 23.9 Å². The minimum absolute atomic E-state index is 0.309. The molecular formula is C18H26N2O5. The molecular weight excluding hydrogens is 324 g/mol. The molecule has 1 rings (SSSR count). The van der Waals surface area contributed by atoms with E-state index in [-0.39, 0.29) is 24.6 Å². The highest BCUT2D eigenvalue weighted by molar-refractivity contribution is 5.96. The van der Waals surface area contributed by atoms with Crippen molar-refractivity contribution >= 4 is 17.8 Å². The molecule has 0 atom stereocenters. The van der Waals surface area contributed by atoms with E-state index in [2.05, 4.69) is 10.6 Å². The van der Waals surface area contributed by atoms with Crippen LogP contribution in [0.4, 0.5) is 0 Å². The van der Waals surface area contributed by atoms with Crippen LogP contribution in [0.25, 0.3) is 0 Å². The van der Waals surface area contributed by atoms with Gasteiger partial charge in [-0.3, -0.25) is 14.4 Å². The first-order chi connectivity index (χ1) is 11.8. The lowest BCUT2D eigenvalue weighted by Gasteiger charge is -2.24. The van der Waals surface area contributed by atoms with Crippen LogP contribution in [-0.2, 0) is 14.3 Å². The molecule has 0 aliphatic rings. The van der Waals surface area contributed by atoms with Crippen molar-refractivity contribution in [1.82, 2.24) is 10.6 Å². The van der Waals surface area contributed by atoms with Crippen molar-refractivity contribution in [2.24, 2.45) is 0 Å². The highest BCUT2D eigenvalue weighted by Crippen LogP contribution is 2.11. The van der Waals surface area contributed by atoms with E-state index in [4.69, 9.17) is 9.47 Å². The summed E-state index contributed by atoms with van der Waals surface area (Å²) in [5, 5.41) is 5.20. The fourth-order valence-electron chi connectivity index (χ4n) is 1.82. The molecule has 7 nitrogen and oxygen atoms in total. The average Bonchev–Trinajstić information content (AvgIpc) is 2.58. The number of benzene rings is 1. The molecule has 1 aromatic rings. The third-order valence-corrected chi connectivity index (χ3v) is 3.55. The van der Waals surface area contributed by atoms with Crippen LogP contribution >= 0.6 is 0 Å². The largest absolute Gasteiger partial charge is 0.494 e. The van der Waals surface area contributed by atoms with E-state index < -0.39 is 11.9 Å². The summed E-state index contributed by atoms with van der Waals surface area (Å²) in [6, 6.07) is 6.56. The van der Waals surface area contributed by atoms with Crippen LogP contribution in [0.1, 0.15) is 44.5 Å². The first-order valence-electron chi connectivity index (χ1n) is 8.25. The molecule has 0 unspecified atom stereocenters. The standard InChI is InChI=1S/C18H26N2O5/c1-5-18(3,4)20-15(21)12-25-16(22)11-19-17(23)13-7-9-14(10-8-13)24-6-2/h7-10H,5-6,11-12H2,1-4H3,(H,19,23)(H,20,21). The number of carbonyl (C=O) groups is 3. The summed E-state index contributed by atoms with van der Waals surface area (Å²) in [7, 11) is 0. The van der Waals surface area contributed by atoms with Crippen LogP contribution in [0.5, 0.6) is 5.75 Å². The third-order valence-electron chi connectivity index (χ3n) is 3.55. The van der Waals surface area contributed by atoms with Crippen LogP contribution in [0.2, 0.25) is 0 Å². The number of rotatable bonds is 9. The minimum Gasteiger partial charge on any atom is -0.494 e. The zero-order valence-electron chi connectivity index (χ0n) is 15.2. The second kappa shape index (κ2) is 9.66. The first kappa shape index (κ1) is 20.5. The summed E-state index contributed by atoms with van der Waals surface area (Å²) < 4.78 is 10.1. The molecule has 0 aromatic heterocycles. The molecule has 0 fully saturated rings. The van der Waals surface area contributed by atoms with Crippen molar-refractivity contribution in [2.45, 2.75) is 39.7 Å². The molecule has 0 bridgehead atoms. The highest BCUT2D eigenvalue weighted by Gasteiger charge is 2.18. The summed E-state index contributed by atoms with van der Waals surface area (Å²) in [5.41, 5.74) is 0.0458. The number of hydrogen-bond acceptors (Lipinski definition) is 5. The van der Waals surface area contributed by atoms with Crippen LogP contribution in [0, 0.1) is 0 Å². The molecule has 7 heteroatoms. The minimum atomic E-state index is -0.677. The molecule has 2 N–H and O–H groups in total. The van der Waals surface area contributed by atoms with Gasteiger partial charge in [-0.15, -0.1) is 0 Å². The lowest BCUT2D eigenvalue weighted by molar-refractivity contribution is -0.148. The van der Waals surface area contributed by atoms with Gasteiger partial charge >= 0.3 is 5.97 Å². The number of esters is 1. The number of carbonyl (C=O) groups excluding carboxylic acids is 3. The summed E-state index contributed by atoms with van der Waals surface area (Å²) in [4.78, 5) is 35.2. The fourth-order valence-corrected chi connectivity index (χ4v) is 1.82. The third kappa shape index (κ3) is 7.69.